The fourth-order valence-electron chi connectivity index (χ4n) is 1.76. The van der Waals surface area contributed by atoms with Gasteiger partial charge in [-0.1, -0.05) is 19.1 Å². The molecule has 0 aliphatic heterocycles. The molecule has 0 spiro atoms. The van der Waals surface area contributed by atoms with E-state index in [-0.39, 0.29) is 5.91 Å². The second-order valence-corrected chi connectivity index (χ2v) is 4.70. The topological polar surface area (TPSA) is 98.7 Å². The van der Waals surface area contributed by atoms with Gasteiger partial charge in [0.25, 0.3) is 0 Å². The van der Waals surface area contributed by atoms with Gasteiger partial charge in [0.15, 0.2) is 0 Å². The van der Waals surface area contributed by atoms with Crippen LogP contribution in [-0.4, -0.2) is 32.7 Å². The predicted octanol–water partition coefficient (Wildman–Crippen LogP) is 0.976. The van der Waals surface area contributed by atoms with Gasteiger partial charge < -0.3 is 11.1 Å². The van der Waals surface area contributed by atoms with Gasteiger partial charge in [0.2, 0.25) is 5.91 Å². The number of aromatic nitrogens is 4. The Labute approximate surface area is 117 Å². The Morgan fingerprint density at radius 2 is 2.25 bits per heavy atom. The summed E-state index contributed by atoms with van der Waals surface area (Å²) in [6, 6.07) is 7.38. The third kappa shape index (κ3) is 3.61. The van der Waals surface area contributed by atoms with Crippen LogP contribution in [0.25, 0.3) is 5.69 Å². The highest BCUT2D eigenvalue weighted by Gasteiger charge is 2.10. The summed E-state index contributed by atoms with van der Waals surface area (Å²) in [5.74, 6) is 0.307. The summed E-state index contributed by atoms with van der Waals surface area (Å²) in [5.41, 5.74) is 6.96. The number of carbonyl (C=O) groups is 1. The zero-order chi connectivity index (χ0) is 14.4. The molecule has 0 fully saturated rings. The van der Waals surface area contributed by atoms with E-state index >= 15 is 0 Å². The fraction of sp³-hybridized carbons (Fsp3) is 0.385. The highest BCUT2D eigenvalue weighted by Crippen LogP contribution is 2.19. The molecule has 2 rings (SSSR count). The maximum Gasteiger partial charge on any atom is 0.224 e. The summed E-state index contributed by atoms with van der Waals surface area (Å²) < 4.78 is 1.51. The van der Waals surface area contributed by atoms with Crippen LogP contribution in [0.15, 0.2) is 30.6 Å². The first-order valence-corrected chi connectivity index (χ1v) is 6.53. The summed E-state index contributed by atoms with van der Waals surface area (Å²) in [6.07, 6.45) is 2.71. The molecule has 3 N–H and O–H groups in total. The molecular formula is C13H18N6O. The maximum atomic E-state index is 11.9. The van der Waals surface area contributed by atoms with Crippen LogP contribution < -0.4 is 11.1 Å². The summed E-state index contributed by atoms with van der Waals surface area (Å²) in [7, 11) is 0. The third-order valence-corrected chi connectivity index (χ3v) is 3.04. The highest BCUT2D eigenvalue weighted by atomic mass is 16.1. The zero-order valence-corrected chi connectivity index (χ0v) is 11.4. The summed E-state index contributed by atoms with van der Waals surface area (Å²) in [6.45, 7) is 2.62. The van der Waals surface area contributed by atoms with E-state index in [2.05, 4.69) is 20.8 Å². The van der Waals surface area contributed by atoms with Crippen LogP contribution in [0.4, 0.5) is 5.69 Å². The smallest absolute Gasteiger partial charge is 0.224 e. The van der Waals surface area contributed by atoms with Crippen LogP contribution in [0.5, 0.6) is 0 Å². The quantitative estimate of drug-likeness (QED) is 0.818. The first kappa shape index (κ1) is 14.1. The number of para-hydroxylation sites is 2. The molecule has 0 saturated heterocycles. The van der Waals surface area contributed by atoms with Crippen molar-refractivity contribution < 1.29 is 4.79 Å². The van der Waals surface area contributed by atoms with E-state index in [1.807, 2.05) is 31.2 Å². The third-order valence-electron chi connectivity index (χ3n) is 3.04. The molecule has 0 saturated carbocycles. The molecule has 20 heavy (non-hydrogen) atoms. The number of rotatable bonds is 6. The molecule has 0 bridgehead atoms. The van der Waals surface area contributed by atoms with Gasteiger partial charge in [-0.25, -0.2) is 0 Å². The first-order chi connectivity index (χ1) is 9.70. The lowest BCUT2D eigenvalue weighted by molar-refractivity contribution is -0.116. The molecule has 0 aliphatic carbocycles. The maximum absolute atomic E-state index is 11.9. The van der Waals surface area contributed by atoms with Crippen molar-refractivity contribution in [1.29, 1.82) is 0 Å². The first-order valence-electron chi connectivity index (χ1n) is 6.53. The number of benzene rings is 1. The van der Waals surface area contributed by atoms with Crippen molar-refractivity contribution >= 4 is 11.6 Å². The van der Waals surface area contributed by atoms with Gasteiger partial charge in [0.05, 0.1) is 11.4 Å². The van der Waals surface area contributed by atoms with Crippen molar-refractivity contribution in [1.82, 2.24) is 20.2 Å². The summed E-state index contributed by atoms with van der Waals surface area (Å²) >= 11 is 0. The second kappa shape index (κ2) is 6.76. The lowest BCUT2D eigenvalue weighted by atomic mass is 10.1. The summed E-state index contributed by atoms with van der Waals surface area (Å²) in [5, 5.41) is 13.9. The van der Waals surface area contributed by atoms with E-state index in [0.29, 0.717) is 24.6 Å². The van der Waals surface area contributed by atoms with Crippen molar-refractivity contribution in [2.45, 2.75) is 19.8 Å². The Morgan fingerprint density at radius 3 is 2.95 bits per heavy atom. The van der Waals surface area contributed by atoms with E-state index in [1.165, 1.54) is 11.0 Å². The number of nitrogens with one attached hydrogen (secondary N) is 1. The average molecular weight is 274 g/mol. The molecule has 0 radical (unpaired) electrons. The molecule has 1 aromatic carbocycles. The van der Waals surface area contributed by atoms with Crippen molar-refractivity contribution in [3.05, 3.63) is 30.6 Å². The van der Waals surface area contributed by atoms with E-state index in [4.69, 9.17) is 5.73 Å². The lowest BCUT2D eigenvalue weighted by Crippen LogP contribution is -2.17. The van der Waals surface area contributed by atoms with Gasteiger partial charge in [-0.2, -0.15) is 4.68 Å². The standard InChI is InChI=1S/C13H18N6O/c1-10(8-14)6-7-13(20)16-11-4-2-3-5-12(11)19-9-15-17-18-19/h2-5,9-10H,6-8,14H2,1H3,(H,16,20). The van der Waals surface area contributed by atoms with E-state index in [0.717, 1.165) is 12.1 Å². The van der Waals surface area contributed by atoms with Gasteiger partial charge in [-0.3, -0.25) is 4.79 Å². The normalized spacial score (nSPS) is 12.1. The molecule has 0 aliphatic rings. The number of hydrogen-bond acceptors (Lipinski definition) is 5. The van der Waals surface area contributed by atoms with Crippen LogP contribution in [0, 0.1) is 5.92 Å². The van der Waals surface area contributed by atoms with E-state index < -0.39 is 0 Å². The number of anilines is 1. The molecular weight excluding hydrogens is 256 g/mol. The van der Waals surface area contributed by atoms with Crippen molar-refractivity contribution in [2.75, 3.05) is 11.9 Å². The minimum atomic E-state index is -0.0363. The minimum absolute atomic E-state index is 0.0363. The largest absolute Gasteiger partial charge is 0.330 e. The Morgan fingerprint density at radius 1 is 1.45 bits per heavy atom. The zero-order valence-electron chi connectivity index (χ0n) is 11.4. The Balaban J connectivity index is 2.04. The number of nitrogens with zero attached hydrogens (tertiary/aromatic N) is 4. The minimum Gasteiger partial charge on any atom is -0.330 e. The van der Waals surface area contributed by atoms with E-state index in [9.17, 15) is 4.79 Å². The molecule has 1 amide bonds. The number of hydrogen-bond donors (Lipinski definition) is 2. The van der Waals surface area contributed by atoms with Crippen LogP contribution in [0.2, 0.25) is 0 Å². The Kier molecular flexibility index (Phi) is 4.78. The average Bonchev–Trinajstić information content (AvgIpc) is 2.99. The number of carbonyl (C=O) groups excluding carboxylic acids is 1. The van der Waals surface area contributed by atoms with Crippen molar-refractivity contribution in [3.63, 3.8) is 0 Å². The molecule has 1 atom stereocenters. The van der Waals surface area contributed by atoms with Crippen LogP contribution in [0.3, 0.4) is 0 Å². The van der Waals surface area contributed by atoms with Gasteiger partial charge in [0, 0.05) is 6.42 Å². The van der Waals surface area contributed by atoms with Gasteiger partial charge in [0.1, 0.15) is 6.33 Å². The van der Waals surface area contributed by atoms with Crippen molar-refractivity contribution in [2.24, 2.45) is 11.7 Å². The van der Waals surface area contributed by atoms with Crippen LogP contribution >= 0.6 is 0 Å². The molecule has 1 heterocycles. The number of tetrazole rings is 1. The van der Waals surface area contributed by atoms with Gasteiger partial charge in [-0.05, 0) is 41.4 Å². The monoisotopic (exact) mass is 274 g/mol. The van der Waals surface area contributed by atoms with Crippen molar-refractivity contribution in [3.8, 4) is 5.69 Å². The SMILES string of the molecule is CC(CN)CCC(=O)Nc1ccccc1-n1cnnn1. The molecule has 7 nitrogen and oxygen atoms in total. The molecule has 106 valence electrons. The fourth-order valence-corrected chi connectivity index (χ4v) is 1.76. The highest BCUT2D eigenvalue weighted by molar-refractivity contribution is 5.92. The molecule has 2 aromatic rings. The molecule has 1 unspecified atom stereocenters. The molecule has 1 aromatic heterocycles. The van der Waals surface area contributed by atoms with Crippen LogP contribution in [-0.2, 0) is 4.79 Å². The summed E-state index contributed by atoms with van der Waals surface area (Å²) in [4.78, 5) is 11.9. The van der Waals surface area contributed by atoms with E-state index in [1.54, 1.807) is 0 Å². The predicted molar refractivity (Wildman–Crippen MR) is 75.2 cm³/mol. The van der Waals surface area contributed by atoms with Crippen LogP contribution in [0.1, 0.15) is 19.8 Å². The lowest BCUT2D eigenvalue weighted by Gasteiger charge is -2.11. The second-order valence-electron chi connectivity index (χ2n) is 4.70. The Hall–Kier alpha value is -2.28. The Bertz CT molecular complexity index is 554. The number of amides is 1. The van der Waals surface area contributed by atoms with Gasteiger partial charge >= 0.3 is 0 Å². The number of nitrogens with two attached hydrogens (primary N) is 1. The van der Waals surface area contributed by atoms with Gasteiger partial charge in [-0.15, -0.1) is 5.10 Å². The molecule has 7 heteroatoms.